The Morgan fingerprint density at radius 1 is 1.16 bits per heavy atom. The van der Waals surface area contributed by atoms with Crippen molar-refractivity contribution < 1.29 is 24.2 Å². The zero-order valence-corrected chi connectivity index (χ0v) is 19.3. The molecule has 0 radical (unpaired) electrons. The van der Waals surface area contributed by atoms with Gasteiger partial charge in [-0.2, -0.15) is 0 Å². The average molecular weight is 459 g/mol. The van der Waals surface area contributed by atoms with Crippen LogP contribution >= 0.6 is 11.6 Å². The third-order valence-corrected chi connectivity index (χ3v) is 5.56. The van der Waals surface area contributed by atoms with Crippen molar-refractivity contribution in [3.63, 3.8) is 0 Å². The molecule has 1 aliphatic heterocycles. The summed E-state index contributed by atoms with van der Waals surface area (Å²) in [6.07, 6.45) is 0. The zero-order chi connectivity index (χ0) is 23.4. The molecule has 170 valence electrons. The van der Waals surface area contributed by atoms with Gasteiger partial charge in [-0.05, 0) is 56.9 Å². The summed E-state index contributed by atoms with van der Waals surface area (Å²) in [6, 6.07) is 11.2. The quantitative estimate of drug-likeness (QED) is 0.369. The number of ketones is 1. The number of rotatable bonds is 8. The van der Waals surface area contributed by atoms with Crippen LogP contribution in [0, 0.1) is 0 Å². The number of likely N-dealkylation sites (N-methyl/N-ethyl adjacent to an activating group) is 1. The molecule has 1 aliphatic rings. The molecule has 0 bridgehead atoms. The highest BCUT2D eigenvalue weighted by atomic mass is 35.5. The fourth-order valence-corrected chi connectivity index (χ4v) is 3.90. The van der Waals surface area contributed by atoms with Gasteiger partial charge in [0.25, 0.3) is 11.7 Å². The number of carbonyl (C=O) groups excluding carboxylic acids is 2. The van der Waals surface area contributed by atoms with Gasteiger partial charge in [0.15, 0.2) is 0 Å². The maximum Gasteiger partial charge on any atom is 0.295 e. The van der Waals surface area contributed by atoms with Gasteiger partial charge in [-0.25, -0.2) is 0 Å². The Hall–Kier alpha value is -3.03. The number of hydrogen-bond acceptors (Lipinski definition) is 6. The maximum absolute atomic E-state index is 13.0. The molecule has 2 aromatic rings. The molecule has 0 unspecified atom stereocenters. The van der Waals surface area contributed by atoms with E-state index in [2.05, 4.69) is 0 Å². The highest BCUT2D eigenvalue weighted by molar-refractivity contribution is 6.46. The van der Waals surface area contributed by atoms with Crippen LogP contribution < -0.4 is 9.47 Å². The minimum Gasteiger partial charge on any atom is -0.507 e. The van der Waals surface area contributed by atoms with Crippen molar-refractivity contribution in [2.24, 2.45) is 0 Å². The third kappa shape index (κ3) is 4.74. The van der Waals surface area contributed by atoms with E-state index in [1.54, 1.807) is 36.4 Å². The van der Waals surface area contributed by atoms with Crippen molar-refractivity contribution in [2.45, 2.75) is 13.0 Å². The molecule has 1 N–H and O–H groups in total. The van der Waals surface area contributed by atoms with Crippen LogP contribution in [-0.4, -0.2) is 67.5 Å². The van der Waals surface area contributed by atoms with Crippen molar-refractivity contribution in [3.05, 3.63) is 64.2 Å². The van der Waals surface area contributed by atoms with Crippen molar-refractivity contribution in [1.82, 2.24) is 9.80 Å². The molecule has 1 fully saturated rings. The second-order valence-corrected chi connectivity index (χ2v) is 8.05. The smallest absolute Gasteiger partial charge is 0.295 e. The molecule has 1 amide bonds. The lowest BCUT2D eigenvalue weighted by atomic mass is 9.95. The van der Waals surface area contributed by atoms with E-state index in [0.717, 1.165) is 0 Å². The summed E-state index contributed by atoms with van der Waals surface area (Å²) in [5.74, 6) is -0.528. The van der Waals surface area contributed by atoms with Crippen molar-refractivity contribution in [3.8, 4) is 11.5 Å². The van der Waals surface area contributed by atoms with Crippen LogP contribution in [-0.2, 0) is 9.59 Å². The summed E-state index contributed by atoms with van der Waals surface area (Å²) in [7, 11) is 5.27. The summed E-state index contributed by atoms with van der Waals surface area (Å²) in [5.41, 5.74) is 1.06. The number of aliphatic hydroxyl groups is 1. The van der Waals surface area contributed by atoms with Gasteiger partial charge < -0.3 is 24.4 Å². The highest BCUT2D eigenvalue weighted by Crippen LogP contribution is 2.40. The lowest BCUT2D eigenvalue weighted by Gasteiger charge is -2.26. The van der Waals surface area contributed by atoms with Gasteiger partial charge in [0.2, 0.25) is 0 Å². The summed E-state index contributed by atoms with van der Waals surface area (Å²) >= 11 is 6.22. The fourth-order valence-electron chi connectivity index (χ4n) is 3.65. The molecule has 8 heteroatoms. The second kappa shape index (κ2) is 10.1. The molecule has 1 atom stereocenters. The molecular weight excluding hydrogens is 432 g/mol. The number of carbonyl (C=O) groups is 2. The average Bonchev–Trinajstić information content (AvgIpc) is 3.02. The molecule has 0 spiro atoms. The van der Waals surface area contributed by atoms with E-state index < -0.39 is 17.7 Å². The molecule has 1 saturated heterocycles. The van der Waals surface area contributed by atoms with E-state index in [-0.39, 0.29) is 16.4 Å². The van der Waals surface area contributed by atoms with E-state index in [4.69, 9.17) is 21.1 Å². The number of ether oxygens (including phenoxy) is 2. The number of halogens is 1. The van der Waals surface area contributed by atoms with Gasteiger partial charge in [-0.15, -0.1) is 0 Å². The van der Waals surface area contributed by atoms with Crippen LogP contribution in [0.15, 0.2) is 48.0 Å². The fraction of sp³-hybridized carbons (Fsp3) is 0.333. The molecule has 0 aliphatic carbocycles. The maximum atomic E-state index is 13.0. The number of aliphatic hydroxyl groups excluding tert-OH is 1. The second-order valence-electron chi connectivity index (χ2n) is 7.65. The van der Waals surface area contributed by atoms with Crippen LogP contribution in [0.3, 0.4) is 0 Å². The Labute approximate surface area is 192 Å². The van der Waals surface area contributed by atoms with Gasteiger partial charge in [-0.3, -0.25) is 9.59 Å². The Bertz CT molecular complexity index is 1030. The zero-order valence-electron chi connectivity index (χ0n) is 18.6. The lowest BCUT2D eigenvalue weighted by Crippen LogP contribution is -2.35. The number of hydrogen-bond donors (Lipinski definition) is 1. The van der Waals surface area contributed by atoms with Crippen molar-refractivity contribution in [1.29, 1.82) is 0 Å². The number of nitrogens with zero attached hydrogens (tertiary/aromatic N) is 2. The number of methoxy groups -OCH3 is 1. The first-order valence-corrected chi connectivity index (χ1v) is 10.7. The lowest BCUT2D eigenvalue weighted by molar-refractivity contribution is -0.140. The predicted molar refractivity (Wildman–Crippen MR) is 123 cm³/mol. The Morgan fingerprint density at radius 3 is 2.41 bits per heavy atom. The molecule has 32 heavy (non-hydrogen) atoms. The van der Waals surface area contributed by atoms with Gasteiger partial charge >= 0.3 is 0 Å². The molecule has 3 rings (SSSR count). The first-order chi connectivity index (χ1) is 15.3. The normalized spacial score (nSPS) is 17.8. The summed E-state index contributed by atoms with van der Waals surface area (Å²) < 4.78 is 10.7. The first kappa shape index (κ1) is 23.6. The van der Waals surface area contributed by atoms with Gasteiger partial charge in [0, 0.05) is 18.7 Å². The predicted octanol–water partition coefficient (Wildman–Crippen LogP) is 3.73. The molecule has 0 saturated carbocycles. The van der Waals surface area contributed by atoms with E-state index in [1.165, 1.54) is 18.1 Å². The minimum absolute atomic E-state index is 0.0270. The summed E-state index contributed by atoms with van der Waals surface area (Å²) in [5, 5.41) is 11.4. The van der Waals surface area contributed by atoms with E-state index in [9.17, 15) is 14.7 Å². The largest absolute Gasteiger partial charge is 0.507 e. The number of benzene rings is 2. The first-order valence-electron chi connectivity index (χ1n) is 10.3. The molecule has 0 aromatic heterocycles. The molecule has 2 aromatic carbocycles. The third-order valence-electron chi connectivity index (χ3n) is 5.26. The van der Waals surface area contributed by atoms with Crippen LogP contribution in [0.25, 0.3) is 5.76 Å². The molecular formula is C24H27ClN2O5. The summed E-state index contributed by atoms with van der Waals surface area (Å²) in [6.45, 7) is 3.31. The Kier molecular flexibility index (Phi) is 7.43. The standard InChI is InChI=1S/C24H27ClN2O5/c1-5-32-17-9-6-15(7-10-17)21-20(23(29)24(30)27(21)13-12-26(2)3)22(28)16-8-11-19(31-4)18(25)14-16/h6-11,14,21,28H,5,12-13H2,1-4H3/b22-20+/t21-/m1/s1. The summed E-state index contributed by atoms with van der Waals surface area (Å²) in [4.78, 5) is 29.4. The number of likely N-dealkylation sites (tertiary alicyclic amines) is 1. The van der Waals surface area contributed by atoms with Crippen LogP contribution in [0.2, 0.25) is 5.02 Å². The van der Waals surface area contributed by atoms with Gasteiger partial charge in [0.05, 0.1) is 30.4 Å². The van der Waals surface area contributed by atoms with Crippen LogP contribution in [0.1, 0.15) is 24.1 Å². The van der Waals surface area contributed by atoms with Crippen LogP contribution in [0.4, 0.5) is 0 Å². The van der Waals surface area contributed by atoms with E-state index in [0.29, 0.717) is 42.3 Å². The molecule has 7 nitrogen and oxygen atoms in total. The van der Waals surface area contributed by atoms with Gasteiger partial charge in [0.1, 0.15) is 17.3 Å². The topological polar surface area (TPSA) is 79.3 Å². The highest BCUT2D eigenvalue weighted by Gasteiger charge is 2.45. The van der Waals surface area contributed by atoms with E-state index in [1.807, 2.05) is 25.9 Å². The number of Topliss-reactive ketones (excluding diaryl/α,β-unsaturated/α-hetero) is 1. The molecule has 1 heterocycles. The van der Waals surface area contributed by atoms with Crippen LogP contribution in [0.5, 0.6) is 11.5 Å². The monoisotopic (exact) mass is 458 g/mol. The minimum atomic E-state index is -0.730. The van der Waals surface area contributed by atoms with E-state index >= 15 is 0 Å². The SMILES string of the molecule is CCOc1ccc([C@@H]2/C(=C(\O)c3ccc(OC)c(Cl)c3)C(=O)C(=O)N2CCN(C)C)cc1. The van der Waals surface area contributed by atoms with Crippen molar-refractivity contribution in [2.75, 3.05) is 40.9 Å². The number of amides is 1. The Morgan fingerprint density at radius 2 is 1.84 bits per heavy atom. The van der Waals surface area contributed by atoms with Crippen molar-refractivity contribution >= 4 is 29.1 Å². The Balaban J connectivity index is 2.12. The van der Waals surface area contributed by atoms with Gasteiger partial charge in [-0.1, -0.05) is 23.7 Å².